The predicted octanol–water partition coefficient (Wildman–Crippen LogP) is 4.26. The number of carboxylic acid groups (broad SMARTS) is 1. The first-order chi connectivity index (χ1) is 16.4. The van der Waals surface area contributed by atoms with E-state index >= 15 is 0 Å². The van der Waals surface area contributed by atoms with Crippen molar-refractivity contribution in [3.63, 3.8) is 0 Å². The van der Waals surface area contributed by atoms with Gasteiger partial charge in [-0.2, -0.15) is 0 Å². The lowest BCUT2D eigenvalue weighted by molar-refractivity contribution is -0.147. The molecule has 1 saturated heterocycles. The number of fused-ring (bicyclic) bond motifs is 3. The van der Waals surface area contributed by atoms with Crippen molar-refractivity contribution in [1.29, 1.82) is 0 Å². The van der Waals surface area contributed by atoms with E-state index in [9.17, 15) is 19.5 Å². The van der Waals surface area contributed by atoms with E-state index in [-0.39, 0.29) is 30.9 Å². The Morgan fingerprint density at radius 1 is 1.06 bits per heavy atom. The standard InChI is InChI=1S/C27H32N2O5/c1-3-8-24(25(30)29-14-17(2)13-18(15-29)26(31)32)28-27(33)34-16-23-21-11-6-4-9-19(21)20-10-5-7-12-22(20)23/h4-7,9-12,17-18,23-24H,3,8,13-16H2,1-2H3,(H,28,33)(H,31,32)/t17?,18?,24-/m0/s1. The molecule has 180 valence electrons. The number of hydrogen-bond donors (Lipinski definition) is 2. The molecule has 2 aromatic carbocycles. The van der Waals surface area contributed by atoms with E-state index in [1.165, 1.54) is 0 Å². The minimum absolute atomic E-state index is 0.0576. The summed E-state index contributed by atoms with van der Waals surface area (Å²) in [5.41, 5.74) is 4.55. The van der Waals surface area contributed by atoms with Crippen LogP contribution >= 0.6 is 0 Å². The van der Waals surface area contributed by atoms with Crippen molar-refractivity contribution in [2.45, 2.75) is 45.1 Å². The monoisotopic (exact) mass is 464 g/mol. The highest BCUT2D eigenvalue weighted by Crippen LogP contribution is 2.44. The van der Waals surface area contributed by atoms with Crippen LogP contribution in [0.2, 0.25) is 0 Å². The molecule has 1 aliphatic heterocycles. The van der Waals surface area contributed by atoms with E-state index < -0.39 is 24.0 Å². The Bertz CT molecular complexity index is 1020. The summed E-state index contributed by atoms with van der Waals surface area (Å²) in [6, 6.07) is 15.5. The van der Waals surface area contributed by atoms with Crippen molar-refractivity contribution >= 4 is 18.0 Å². The van der Waals surface area contributed by atoms with E-state index in [1.54, 1.807) is 4.90 Å². The van der Waals surface area contributed by atoms with Crippen LogP contribution in [-0.4, -0.2) is 53.7 Å². The average molecular weight is 465 g/mol. The van der Waals surface area contributed by atoms with Gasteiger partial charge in [-0.3, -0.25) is 9.59 Å². The third kappa shape index (κ3) is 4.93. The van der Waals surface area contributed by atoms with Gasteiger partial charge in [0.15, 0.2) is 0 Å². The smallest absolute Gasteiger partial charge is 0.407 e. The normalized spacial score (nSPS) is 20.2. The topological polar surface area (TPSA) is 95.9 Å². The number of nitrogens with one attached hydrogen (secondary N) is 1. The van der Waals surface area contributed by atoms with Crippen molar-refractivity contribution < 1.29 is 24.2 Å². The zero-order chi connectivity index (χ0) is 24.2. The van der Waals surface area contributed by atoms with Crippen molar-refractivity contribution in [3.05, 3.63) is 59.7 Å². The third-order valence-electron chi connectivity index (χ3n) is 6.83. The molecule has 0 aromatic heterocycles. The van der Waals surface area contributed by atoms with Gasteiger partial charge in [-0.25, -0.2) is 4.79 Å². The van der Waals surface area contributed by atoms with Gasteiger partial charge in [0.05, 0.1) is 5.92 Å². The fraction of sp³-hybridized carbons (Fsp3) is 0.444. The first kappa shape index (κ1) is 23.8. The molecule has 34 heavy (non-hydrogen) atoms. The summed E-state index contributed by atoms with van der Waals surface area (Å²) in [5, 5.41) is 12.2. The Morgan fingerprint density at radius 2 is 1.68 bits per heavy atom. The number of amides is 2. The van der Waals surface area contributed by atoms with Crippen LogP contribution in [0.25, 0.3) is 11.1 Å². The molecular formula is C27H32N2O5. The van der Waals surface area contributed by atoms with Gasteiger partial charge >= 0.3 is 12.1 Å². The molecule has 2 amide bonds. The van der Waals surface area contributed by atoms with Gasteiger partial charge in [-0.1, -0.05) is 68.8 Å². The molecule has 7 heteroatoms. The maximum Gasteiger partial charge on any atom is 0.407 e. The highest BCUT2D eigenvalue weighted by Gasteiger charge is 2.35. The van der Waals surface area contributed by atoms with Crippen molar-refractivity contribution in [2.75, 3.05) is 19.7 Å². The third-order valence-corrected chi connectivity index (χ3v) is 6.83. The molecule has 2 aromatic rings. The van der Waals surface area contributed by atoms with Gasteiger partial charge in [0.25, 0.3) is 0 Å². The first-order valence-corrected chi connectivity index (χ1v) is 12.0. The van der Waals surface area contributed by atoms with Crippen LogP contribution in [0, 0.1) is 11.8 Å². The van der Waals surface area contributed by atoms with E-state index in [0.717, 1.165) is 22.3 Å². The molecule has 1 fully saturated rings. The SMILES string of the molecule is CCC[C@H](NC(=O)OCC1c2ccccc2-c2ccccc21)C(=O)N1CC(C)CC(C(=O)O)C1. The minimum Gasteiger partial charge on any atom is -0.481 e. The Kier molecular flexibility index (Phi) is 7.20. The molecule has 4 rings (SSSR count). The number of benzene rings is 2. The van der Waals surface area contributed by atoms with Gasteiger partial charge in [0.1, 0.15) is 12.6 Å². The second-order valence-corrected chi connectivity index (χ2v) is 9.43. The largest absolute Gasteiger partial charge is 0.481 e. The molecule has 1 heterocycles. The number of likely N-dealkylation sites (tertiary alicyclic amines) is 1. The maximum atomic E-state index is 13.2. The number of aliphatic carboxylic acids is 1. The lowest BCUT2D eigenvalue weighted by Gasteiger charge is -2.36. The number of carbonyl (C=O) groups excluding carboxylic acids is 2. The number of alkyl carbamates (subject to hydrolysis) is 1. The number of ether oxygens (including phenoxy) is 1. The van der Waals surface area contributed by atoms with E-state index in [1.807, 2.05) is 38.1 Å². The second-order valence-electron chi connectivity index (χ2n) is 9.43. The lowest BCUT2D eigenvalue weighted by Crippen LogP contribution is -2.53. The molecule has 2 N–H and O–H groups in total. The van der Waals surface area contributed by atoms with Crippen LogP contribution in [-0.2, 0) is 14.3 Å². The zero-order valence-electron chi connectivity index (χ0n) is 19.7. The van der Waals surface area contributed by atoms with E-state index in [2.05, 4.69) is 29.6 Å². The minimum atomic E-state index is -0.888. The molecule has 2 unspecified atom stereocenters. The van der Waals surface area contributed by atoms with Crippen molar-refractivity contribution in [2.24, 2.45) is 11.8 Å². The number of hydrogen-bond acceptors (Lipinski definition) is 4. The first-order valence-electron chi connectivity index (χ1n) is 12.0. The Hall–Kier alpha value is -3.35. The molecule has 0 spiro atoms. The highest BCUT2D eigenvalue weighted by molar-refractivity contribution is 5.86. The van der Waals surface area contributed by atoms with Gasteiger partial charge in [-0.15, -0.1) is 0 Å². The van der Waals surface area contributed by atoms with Crippen LogP contribution in [0.15, 0.2) is 48.5 Å². The molecule has 0 bridgehead atoms. The summed E-state index contributed by atoms with van der Waals surface area (Å²) >= 11 is 0. The van der Waals surface area contributed by atoms with E-state index in [4.69, 9.17) is 4.74 Å². The summed E-state index contributed by atoms with van der Waals surface area (Å²) < 4.78 is 5.62. The highest BCUT2D eigenvalue weighted by atomic mass is 16.5. The van der Waals surface area contributed by atoms with Crippen LogP contribution in [0.4, 0.5) is 4.79 Å². The summed E-state index contributed by atoms with van der Waals surface area (Å²) in [5.74, 6) is -1.67. The Labute approximate surface area is 200 Å². The molecule has 2 aliphatic rings. The fourth-order valence-corrected chi connectivity index (χ4v) is 5.26. The molecular weight excluding hydrogens is 432 g/mol. The summed E-state index contributed by atoms with van der Waals surface area (Å²) in [7, 11) is 0. The van der Waals surface area contributed by atoms with Crippen LogP contribution < -0.4 is 5.32 Å². The maximum absolute atomic E-state index is 13.2. The van der Waals surface area contributed by atoms with Crippen LogP contribution in [0.1, 0.15) is 50.2 Å². The van der Waals surface area contributed by atoms with Crippen LogP contribution in [0.5, 0.6) is 0 Å². The van der Waals surface area contributed by atoms with Gasteiger partial charge in [-0.05, 0) is 41.0 Å². The number of piperidine rings is 1. The summed E-state index contributed by atoms with van der Waals surface area (Å²) in [6.45, 7) is 4.73. The molecule has 7 nitrogen and oxygen atoms in total. The van der Waals surface area contributed by atoms with Crippen molar-refractivity contribution in [3.8, 4) is 11.1 Å². The summed E-state index contributed by atoms with van der Waals surface area (Å²) in [6.07, 6.45) is 1.09. The van der Waals surface area contributed by atoms with Gasteiger partial charge < -0.3 is 20.1 Å². The summed E-state index contributed by atoms with van der Waals surface area (Å²) in [4.78, 5) is 39.0. The zero-order valence-corrected chi connectivity index (χ0v) is 19.7. The number of carbonyl (C=O) groups is 3. The molecule has 0 radical (unpaired) electrons. The Balaban J connectivity index is 1.41. The van der Waals surface area contributed by atoms with Crippen molar-refractivity contribution in [1.82, 2.24) is 10.2 Å². The Morgan fingerprint density at radius 3 is 2.26 bits per heavy atom. The predicted molar refractivity (Wildman–Crippen MR) is 128 cm³/mol. The molecule has 3 atom stereocenters. The average Bonchev–Trinajstić information content (AvgIpc) is 3.15. The van der Waals surface area contributed by atoms with Crippen LogP contribution in [0.3, 0.4) is 0 Å². The number of carboxylic acids is 1. The van der Waals surface area contributed by atoms with E-state index in [0.29, 0.717) is 25.8 Å². The number of rotatable bonds is 7. The van der Waals surface area contributed by atoms with Gasteiger partial charge in [0, 0.05) is 19.0 Å². The van der Waals surface area contributed by atoms with Gasteiger partial charge in [0.2, 0.25) is 5.91 Å². The second kappa shape index (κ2) is 10.3. The fourth-order valence-electron chi connectivity index (χ4n) is 5.26. The molecule has 0 saturated carbocycles. The molecule has 1 aliphatic carbocycles. The number of nitrogens with zero attached hydrogens (tertiary/aromatic N) is 1. The lowest BCUT2D eigenvalue weighted by atomic mass is 9.90. The quantitative estimate of drug-likeness (QED) is 0.638.